The number of halogens is 2. The molecule has 3 aromatic heterocycles. The standard InChI is InChI=1S/C28H24ClFN4O/c1-18-5-7-25-20(10-18)11-22(27(29)32-25)16-34(15-19-4-3-9-31-14-19)17-23-12-21-13-24(30)6-8-26(21)33-28(23)35-2/h3-14H,15-17H2,1-2H3. The van der Waals surface area contributed by atoms with Crippen LogP contribution < -0.4 is 4.74 Å². The zero-order valence-electron chi connectivity index (χ0n) is 19.5. The van der Waals surface area contributed by atoms with E-state index in [9.17, 15) is 4.39 Å². The molecule has 0 saturated carbocycles. The van der Waals surface area contributed by atoms with Crippen molar-refractivity contribution in [3.05, 3.63) is 106 Å². The lowest BCUT2D eigenvalue weighted by Gasteiger charge is -2.24. The van der Waals surface area contributed by atoms with Gasteiger partial charge < -0.3 is 4.74 Å². The number of pyridine rings is 3. The van der Waals surface area contributed by atoms with Crippen molar-refractivity contribution in [2.75, 3.05) is 7.11 Å². The van der Waals surface area contributed by atoms with Gasteiger partial charge in [0.05, 0.1) is 18.1 Å². The number of hydrogen-bond acceptors (Lipinski definition) is 5. The summed E-state index contributed by atoms with van der Waals surface area (Å²) < 4.78 is 19.5. The van der Waals surface area contributed by atoms with Crippen molar-refractivity contribution in [2.45, 2.75) is 26.6 Å². The fourth-order valence-electron chi connectivity index (χ4n) is 4.29. The summed E-state index contributed by atoms with van der Waals surface area (Å²) in [5.41, 5.74) is 5.56. The minimum Gasteiger partial charge on any atom is -0.481 e. The van der Waals surface area contributed by atoms with Crippen LogP contribution in [0.15, 0.2) is 73.1 Å². The first kappa shape index (κ1) is 23.1. The van der Waals surface area contributed by atoms with E-state index in [1.165, 1.54) is 17.7 Å². The van der Waals surface area contributed by atoms with E-state index in [2.05, 4.69) is 38.9 Å². The Labute approximate surface area is 208 Å². The number of aromatic nitrogens is 3. The lowest BCUT2D eigenvalue weighted by Crippen LogP contribution is -2.23. The van der Waals surface area contributed by atoms with Crippen LogP contribution in [0.1, 0.15) is 22.3 Å². The molecule has 0 aliphatic rings. The molecule has 5 aromatic rings. The second-order valence-electron chi connectivity index (χ2n) is 8.63. The molecule has 2 aromatic carbocycles. The van der Waals surface area contributed by atoms with E-state index < -0.39 is 0 Å². The molecule has 176 valence electrons. The molecule has 0 N–H and O–H groups in total. The van der Waals surface area contributed by atoms with Gasteiger partial charge in [-0.1, -0.05) is 29.3 Å². The largest absolute Gasteiger partial charge is 0.481 e. The molecule has 0 radical (unpaired) electrons. The molecule has 0 aliphatic carbocycles. The molecule has 3 heterocycles. The Morgan fingerprint density at radius 1 is 0.886 bits per heavy atom. The van der Waals surface area contributed by atoms with Gasteiger partial charge in [0.25, 0.3) is 0 Å². The molecule has 0 aliphatic heterocycles. The molecule has 0 bridgehead atoms. The molecular formula is C28H24ClFN4O. The lowest BCUT2D eigenvalue weighted by molar-refractivity contribution is 0.242. The van der Waals surface area contributed by atoms with Crippen molar-refractivity contribution < 1.29 is 9.13 Å². The predicted octanol–water partition coefficient (Wildman–Crippen LogP) is 6.49. The lowest BCUT2D eigenvalue weighted by atomic mass is 10.1. The number of fused-ring (bicyclic) bond motifs is 2. The van der Waals surface area contributed by atoms with Crippen LogP contribution in [0.2, 0.25) is 5.15 Å². The molecule has 0 atom stereocenters. The molecule has 7 heteroatoms. The average molecular weight is 487 g/mol. The second kappa shape index (κ2) is 9.94. The maximum absolute atomic E-state index is 13.9. The molecular weight excluding hydrogens is 463 g/mol. The third-order valence-electron chi connectivity index (χ3n) is 5.92. The van der Waals surface area contributed by atoms with Gasteiger partial charge in [0.15, 0.2) is 0 Å². The number of benzene rings is 2. The van der Waals surface area contributed by atoms with Crippen molar-refractivity contribution in [1.29, 1.82) is 0 Å². The maximum atomic E-state index is 13.9. The molecule has 0 unspecified atom stereocenters. The smallest absolute Gasteiger partial charge is 0.218 e. The van der Waals surface area contributed by atoms with E-state index in [-0.39, 0.29) is 5.82 Å². The van der Waals surface area contributed by atoms with Crippen LogP contribution in [0.3, 0.4) is 0 Å². The minimum atomic E-state index is -0.299. The highest BCUT2D eigenvalue weighted by atomic mass is 35.5. The fourth-order valence-corrected chi connectivity index (χ4v) is 4.50. The summed E-state index contributed by atoms with van der Waals surface area (Å²) in [6.07, 6.45) is 3.60. The first-order valence-electron chi connectivity index (χ1n) is 11.3. The average Bonchev–Trinajstić information content (AvgIpc) is 2.85. The quantitative estimate of drug-likeness (QED) is 0.246. The van der Waals surface area contributed by atoms with Crippen LogP contribution in [0, 0.1) is 12.7 Å². The van der Waals surface area contributed by atoms with Crippen LogP contribution in [-0.2, 0) is 19.6 Å². The topological polar surface area (TPSA) is 51.1 Å². The molecule has 0 saturated heterocycles. The number of ether oxygens (including phenoxy) is 1. The predicted molar refractivity (Wildman–Crippen MR) is 137 cm³/mol. The summed E-state index contributed by atoms with van der Waals surface area (Å²) >= 11 is 6.62. The van der Waals surface area contributed by atoms with Gasteiger partial charge in [0.2, 0.25) is 5.88 Å². The van der Waals surface area contributed by atoms with Gasteiger partial charge in [-0.05, 0) is 61.0 Å². The molecule has 0 spiro atoms. The molecule has 0 fully saturated rings. The maximum Gasteiger partial charge on any atom is 0.218 e. The molecule has 5 nitrogen and oxygen atoms in total. The van der Waals surface area contributed by atoms with E-state index in [4.69, 9.17) is 16.3 Å². The third kappa shape index (κ3) is 5.24. The van der Waals surface area contributed by atoms with E-state index in [1.807, 2.05) is 36.5 Å². The normalized spacial score (nSPS) is 11.5. The van der Waals surface area contributed by atoms with Crippen molar-refractivity contribution >= 4 is 33.4 Å². The Hall–Kier alpha value is -3.61. The SMILES string of the molecule is COc1nc2ccc(F)cc2cc1CN(Cc1cccnc1)Cc1cc2cc(C)ccc2nc1Cl. The summed E-state index contributed by atoms with van der Waals surface area (Å²) in [4.78, 5) is 15.7. The highest BCUT2D eigenvalue weighted by molar-refractivity contribution is 6.30. The number of rotatable bonds is 7. The number of aryl methyl sites for hydroxylation is 1. The zero-order valence-corrected chi connectivity index (χ0v) is 20.3. The Kier molecular flexibility index (Phi) is 6.57. The monoisotopic (exact) mass is 486 g/mol. The minimum absolute atomic E-state index is 0.299. The highest BCUT2D eigenvalue weighted by Crippen LogP contribution is 2.28. The Morgan fingerprint density at radius 2 is 1.63 bits per heavy atom. The van der Waals surface area contributed by atoms with Crippen LogP contribution in [0.5, 0.6) is 5.88 Å². The van der Waals surface area contributed by atoms with Crippen molar-refractivity contribution in [2.24, 2.45) is 0 Å². The Morgan fingerprint density at radius 3 is 2.43 bits per heavy atom. The summed E-state index contributed by atoms with van der Waals surface area (Å²) in [6.45, 7) is 3.75. The van der Waals surface area contributed by atoms with E-state index in [0.717, 1.165) is 33.0 Å². The van der Waals surface area contributed by atoms with Crippen LogP contribution in [0.25, 0.3) is 21.8 Å². The van der Waals surface area contributed by atoms with Gasteiger partial charge in [-0.15, -0.1) is 0 Å². The third-order valence-corrected chi connectivity index (χ3v) is 6.25. The molecule has 35 heavy (non-hydrogen) atoms. The van der Waals surface area contributed by atoms with Gasteiger partial charge in [-0.2, -0.15) is 0 Å². The second-order valence-corrected chi connectivity index (χ2v) is 8.99. The van der Waals surface area contributed by atoms with Gasteiger partial charge in [-0.25, -0.2) is 14.4 Å². The van der Waals surface area contributed by atoms with Crippen LogP contribution in [0.4, 0.5) is 4.39 Å². The summed E-state index contributed by atoms with van der Waals surface area (Å²) in [7, 11) is 1.60. The Balaban J connectivity index is 1.53. The zero-order chi connectivity index (χ0) is 24.4. The van der Waals surface area contributed by atoms with E-state index in [1.54, 1.807) is 19.4 Å². The van der Waals surface area contributed by atoms with Crippen molar-refractivity contribution in [3.8, 4) is 5.88 Å². The highest BCUT2D eigenvalue weighted by Gasteiger charge is 2.16. The fraction of sp³-hybridized carbons (Fsp3) is 0.179. The summed E-state index contributed by atoms with van der Waals surface area (Å²) in [5, 5.41) is 2.25. The van der Waals surface area contributed by atoms with Gasteiger partial charge >= 0.3 is 0 Å². The van der Waals surface area contributed by atoms with Gasteiger partial charge in [0.1, 0.15) is 11.0 Å². The van der Waals surface area contributed by atoms with Gasteiger partial charge in [0, 0.05) is 53.9 Å². The molecule has 5 rings (SSSR count). The van der Waals surface area contributed by atoms with Crippen molar-refractivity contribution in [1.82, 2.24) is 19.9 Å². The summed E-state index contributed by atoms with van der Waals surface area (Å²) in [6, 6.07) is 18.7. The van der Waals surface area contributed by atoms with Crippen LogP contribution in [-0.4, -0.2) is 27.0 Å². The first-order valence-corrected chi connectivity index (χ1v) is 11.7. The number of nitrogens with zero attached hydrogens (tertiary/aromatic N) is 4. The molecule has 0 amide bonds. The van der Waals surface area contributed by atoms with E-state index >= 15 is 0 Å². The number of hydrogen-bond donors (Lipinski definition) is 0. The number of methoxy groups -OCH3 is 1. The van der Waals surface area contributed by atoms with Crippen molar-refractivity contribution in [3.63, 3.8) is 0 Å². The first-order chi connectivity index (χ1) is 17.0. The Bertz CT molecular complexity index is 1510. The van der Waals surface area contributed by atoms with Gasteiger partial charge in [-0.3, -0.25) is 9.88 Å². The van der Waals surface area contributed by atoms with Crippen LogP contribution >= 0.6 is 11.6 Å². The van der Waals surface area contributed by atoms with E-state index in [0.29, 0.717) is 36.2 Å². The summed E-state index contributed by atoms with van der Waals surface area (Å²) in [5.74, 6) is 0.214.